The van der Waals surface area contributed by atoms with Crippen molar-refractivity contribution >= 4 is 17.9 Å². The average molecular weight is 603 g/mol. The quantitative estimate of drug-likeness (QED) is 0.213. The summed E-state index contributed by atoms with van der Waals surface area (Å²) in [7, 11) is 0. The Balaban J connectivity index is -0.000000218. The predicted octanol–water partition coefficient (Wildman–Crippen LogP) is 5.20. The molecule has 0 radical (unpaired) electrons. The van der Waals surface area contributed by atoms with Gasteiger partial charge in [-0.1, -0.05) is 101 Å². The molecule has 0 atom stereocenters. The van der Waals surface area contributed by atoms with Crippen molar-refractivity contribution in [3.8, 4) is 0 Å². The summed E-state index contributed by atoms with van der Waals surface area (Å²) in [5.41, 5.74) is -1.66. The number of carboxylic acid groups (broad SMARTS) is 3. The first kappa shape index (κ1) is 43.6. The van der Waals surface area contributed by atoms with Gasteiger partial charge in [0, 0.05) is 34.2 Å². The van der Waals surface area contributed by atoms with E-state index in [1.807, 2.05) is 62.3 Å². The van der Waals surface area contributed by atoms with Gasteiger partial charge in [-0.2, -0.15) is 0 Å². The fourth-order valence-electron chi connectivity index (χ4n) is 5.35. The molecule has 0 amide bonds. The molecule has 0 heterocycles. The summed E-state index contributed by atoms with van der Waals surface area (Å²) in [6.45, 7) is 17.9. The van der Waals surface area contributed by atoms with Crippen LogP contribution < -0.4 is 15.3 Å². The Labute approximate surface area is 254 Å². The molecule has 0 spiro atoms. The first-order valence-electron chi connectivity index (χ1n) is 14.5. The first-order valence-corrected chi connectivity index (χ1v) is 14.5. The molecule has 0 aliphatic rings. The van der Waals surface area contributed by atoms with Crippen LogP contribution in [0, 0.1) is 16.2 Å². The fraction of sp³-hybridized carbons (Fsp3) is 0.900. The maximum atomic E-state index is 10.9. The van der Waals surface area contributed by atoms with Gasteiger partial charge in [0.05, 0.1) is 0 Å². The molecule has 0 aliphatic heterocycles. The predicted molar refractivity (Wildman–Crippen MR) is 143 cm³/mol. The summed E-state index contributed by atoms with van der Waals surface area (Å²) in [5.74, 6) is -2.60. The molecule has 0 aromatic carbocycles. The van der Waals surface area contributed by atoms with E-state index in [1.165, 1.54) is 0 Å². The molecule has 7 heteroatoms. The van der Waals surface area contributed by atoms with Gasteiger partial charge in [0.25, 0.3) is 0 Å². The van der Waals surface area contributed by atoms with Crippen LogP contribution in [0.2, 0.25) is 0 Å². The largest absolute Gasteiger partial charge is 3.00 e. The molecule has 0 unspecified atom stereocenters. The third kappa shape index (κ3) is 15.6. The van der Waals surface area contributed by atoms with Gasteiger partial charge in [0.15, 0.2) is 0 Å². The van der Waals surface area contributed by atoms with Crippen molar-refractivity contribution in [1.29, 1.82) is 0 Å². The molecule has 0 bridgehead atoms. The first-order chi connectivity index (χ1) is 16.9. The van der Waals surface area contributed by atoms with Gasteiger partial charge in [0.2, 0.25) is 0 Å². The molecule has 0 N–H and O–H groups in total. The van der Waals surface area contributed by atoms with Gasteiger partial charge in [0.1, 0.15) is 0 Å². The van der Waals surface area contributed by atoms with Crippen LogP contribution in [0.15, 0.2) is 0 Å². The number of carboxylic acids is 3. The molecule has 0 fully saturated rings. The topological polar surface area (TPSA) is 120 Å². The second kappa shape index (κ2) is 24.5. The van der Waals surface area contributed by atoms with E-state index in [-0.39, 0.29) is 32.7 Å². The number of carbonyl (C=O) groups is 3. The normalized spacial score (nSPS) is 11.3. The number of hydrogen-bond acceptors (Lipinski definition) is 6. The molecule has 0 aromatic heterocycles. The molecule has 6 nitrogen and oxygen atoms in total. The van der Waals surface area contributed by atoms with Crippen molar-refractivity contribution in [2.45, 2.75) is 159 Å². The zero-order valence-electron chi connectivity index (χ0n) is 25.6. The van der Waals surface area contributed by atoms with Crippen LogP contribution in [0.4, 0.5) is 0 Å². The minimum atomic E-state index is -0.867. The summed E-state index contributed by atoms with van der Waals surface area (Å²) in [6.07, 6.45) is 12.1. The molecular weight excluding hydrogens is 545 g/mol. The van der Waals surface area contributed by atoms with Crippen LogP contribution in [-0.2, 0) is 47.1 Å². The van der Waals surface area contributed by atoms with Crippen molar-refractivity contribution in [3.05, 3.63) is 0 Å². The number of rotatable bonds is 18. The van der Waals surface area contributed by atoms with Crippen molar-refractivity contribution in [2.24, 2.45) is 16.2 Å². The van der Waals surface area contributed by atoms with E-state index in [2.05, 4.69) is 0 Å². The van der Waals surface area contributed by atoms with E-state index in [4.69, 9.17) is 0 Å². The summed E-state index contributed by atoms with van der Waals surface area (Å²) in [4.78, 5) is 32.8. The SMILES string of the molecule is CCCC(CC)(CCC)C(=O)[O-].CCCC(CC)(CCC)C(=O)[O-].CCCC(CC)(CCC)C(=O)[O-].[Y+3]. The van der Waals surface area contributed by atoms with Crippen molar-refractivity contribution in [1.82, 2.24) is 0 Å². The van der Waals surface area contributed by atoms with E-state index >= 15 is 0 Å². The Morgan fingerprint density at radius 3 is 0.595 bits per heavy atom. The van der Waals surface area contributed by atoms with Crippen LogP contribution in [0.25, 0.3) is 0 Å². The van der Waals surface area contributed by atoms with E-state index in [0.717, 1.165) is 77.0 Å². The number of hydrogen-bond donors (Lipinski definition) is 0. The van der Waals surface area contributed by atoms with E-state index in [0.29, 0.717) is 19.3 Å². The molecule has 216 valence electrons. The Morgan fingerprint density at radius 1 is 0.405 bits per heavy atom. The van der Waals surface area contributed by atoms with Crippen LogP contribution in [0.5, 0.6) is 0 Å². The molecular formula is C30H57O6Y. The van der Waals surface area contributed by atoms with Crippen molar-refractivity contribution < 1.29 is 62.4 Å². The fourth-order valence-corrected chi connectivity index (χ4v) is 5.35. The summed E-state index contributed by atoms with van der Waals surface area (Å²) >= 11 is 0. The molecule has 0 aromatic rings. The van der Waals surface area contributed by atoms with Gasteiger partial charge >= 0.3 is 32.7 Å². The third-order valence-electron chi connectivity index (χ3n) is 7.70. The Kier molecular flexibility index (Phi) is 28.9. The summed E-state index contributed by atoms with van der Waals surface area (Å²) in [5, 5.41) is 32.8. The zero-order chi connectivity index (χ0) is 28.8. The van der Waals surface area contributed by atoms with E-state index in [1.54, 1.807) is 0 Å². The van der Waals surface area contributed by atoms with Gasteiger partial charge in [-0.25, -0.2) is 0 Å². The van der Waals surface area contributed by atoms with Crippen LogP contribution in [0.3, 0.4) is 0 Å². The standard InChI is InChI=1S/3C10H20O2.Y/c3*1-4-7-10(6-3,8-5-2)9(11)12;/h3*4-8H2,1-3H3,(H,11,12);/q;;;+3/p-3. The van der Waals surface area contributed by atoms with Crippen molar-refractivity contribution in [2.75, 3.05) is 0 Å². The monoisotopic (exact) mass is 602 g/mol. The average Bonchev–Trinajstić information content (AvgIpc) is 2.83. The summed E-state index contributed by atoms with van der Waals surface area (Å²) in [6, 6.07) is 0. The van der Waals surface area contributed by atoms with Crippen LogP contribution >= 0.6 is 0 Å². The number of carbonyl (C=O) groups excluding carboxylic acids is 3. The molecule has 0 saturated carbocycles. The Bertz CT molecular complexity index is 492. The second-order valence-electron chi connectivity index (χ2n) is 10.3. The third-order valence-corrected chi connectivity index (χ3v) is 7.70. The van der Waals surface area contributed by atoms with Crippen LogP contribution in [0.1, 0.15) is 159 Å². The van der Waals surface area contributed by atoms with Gasteiger partial charge < -0.3 is 29.7 Å². The maximum absolute atomic E-state index is 10.9. The van der Waals surface area contributed by atoms with Gasteiger partial charge in [-0.15, -0.1) is 0 Å². The molecule has 0 saturated heterocycles. The maximum Gasteiger partial charge on any atom is 3.00 e. The number of aliphatic carboxylic acids is 3. The van der Waals surface area contributed by atoms with Gasteiger partial charge in [-0.05, 0) is 57.8 Å². The van der Waals surface area contributed by atoms with Crippen molar-refractivity contribution in [3.63, 3.8) is 0 Å². The smallest absolute Gasteiger partial charge is 0.550 e. The van der Waals surface area contributed by atoms with Crippen LogP contribution in [-0.4, -0.2) is 17.9 Å². The molecule has 37 heavy (non-hydrogen) atoms. The van der Waals surface area contributed by atoms with E-state index < -0.39 is 34.2 Å². The zero-order valence-corrected chi connectivity index (χ0v) is 28.5. The molecule has 0 rings (SSSR count). The minimum Gasteiger partial charge on any atom is -0.550 e. The Morgan fingerprint density at radius 2 is 0.541 bits per heavy atom. The Hall–Kier alpha value is -0.486. The summed E-state index contributed by atoms with van der Waals surface area (Å²) < 4.78 is 0. The minimum absolute atomic E-state index is 0. The van der Waals surface area contributed by atoms with Gasteiger partial charge in [-0.3, -0.25) is 0 Å². The van der Waals surface area contributed by atoms with E-state index in [9.17, 15) is 29.7 Å². The molecule has 0 aliphatic carbocycles. The second-order valence-corrected chi connectivity index (χ2v) is 10.3.